The van der Waals surface area contributed by atoms with Crippen molar-refractivity contribution in [2.24, 2.45) is 0 Å². The number of rotatable bonds is 8. The molecule has 6 nitrogen and oxygen atoms in total. The molecule has 0 spiro atoms. The molecule has 0 atom stereocenters. The van der Waals surface area contributed by atoms with E-state index in [-0.39, 0.29) is 25.6 Å². The van der Waals surface area contributed by atoms with E-state index in [1.165, 1.54) is 12.0 Å². The Labute approximate surface area is 117 Å². The Bertz CT molecular complexity index is 461. The third-order valence-electron chi connectivity index (χ3n) is 2.57. The zero-order valence-electron chi connectivity index (χ0n) is 11.7. The number of ether oxygens (including phenoxy) is 2. The molecule has 6 heteroatoms. The first-order valence-electron chi connectivity index (χ1n) is 6.31. The molecule has 0 fully saturated rings. The Hall–Kier alpha value is -2.08. The van der Waals surface area contributed by atoms with Crippen LogP contribution in [-0.2, 0) is 9.53 Å². The molecule has 20 heavy (non-hydrogen) atoms. The first-order valence-corrected chi connectivity index (χ1v) is 6.31. The van der Waals surface area contributed by atoms with Crippen LogP contribution in [-0.4, -0.2) is 55.3 Å². The number of aliphatic carboxylic acids is 1. The molecule has 1 amide bonds. The van der Waals surface area contributed by atoms with E-state index < -0.39 is 5.97 Å². The van der Waals surface area contributed by atoms with Gasteiger partial charge in [0.15, 0.2) is 0 Å². The van der Waals surface area contributed by atoms with Gasteiger partial charge in [0.25, 0.3) is 5.91 Å². The van der Waals surface area contributed by atoms with Crippen LogP contribution in [0.25, 0.3) is 0 Å². The van der Waals surface area contributed by atoms with Gasteiger partial charge in [0.05, 0.1) is 13.2 Å². The number of benzene rings is 1. The second-order valence-corrected chi connectivity index (χ2v) is 4.07. The van der Waals surface area contributed by atoms with Crippen molar-refractivity contribution in [2.75, 3.05) is 33.4 Å². The maximum Gasteiger partial charge on any atom is 0.323 e. The van der Waals surface area contributed by atoms with Gasteiger partial charge < -0.3 is 19.5 Å². The number of carboxylic acid groups (broad SMARTS) is 1. The third-order valence-corrected chi connectivity index (χ3v) is 2.57. The first kappa shape index (κ1) is 16.0. The molecule has 0 aliphatic heterocycles. The van der Waals surface area contributed by atoms with Crippen molar-refractivity contribution in [1.29, 1.82) is 0 Å². The van der Waals surface area contributed by atoms with Crippen LogP contribution in [0, 0.1) is 0 Å². The summed E-state index contributed by atoms with van der Waals surface area (Å²) in [4.78, 5) is 24.3. The van der Waals surface area contributed by atoms with E-state index in [1.54, 1.807) is 24.3 Å². The van der Waals surface area contributed by atoms with Crippen LogP contribution in [0.2, 0.25) is 0 Å². The van der Waals surface area contributed by atoms with E-state index in [9.17, 15) is 9.59 Å². The molecule has 0 bridgehead atoms. The third kappa shape index (κ3) is 4.89. The summed E-state index contributed by atoms with van der Waals surface area (Å²) in [7, 11) is 1.50. The van der Waals surface area contributed by atoms with E-state index in [0.29, 0.717) is 17.9 Å². The number of hydrogen-bond donors (Lipinski definition) is 1. The van der Waals surface area contributed by atoms with Crippen molar-refractivity contribution >= 4 is 11.9 Å². The predicted octanol–water partition coefficient (Wildman–Crippen LogP) is 1.26. The van der Waals surface area contributed by atoms with Gasteiger partial charge in [-0.15, -0.1) is 0 Å². The molecule has 0 aliphatic carbocycles. The summed E-state index contributed by atoms with van der Waals surface area (Å²) in [6, 6.07) is 6.68. The summed E-state index contributed by atoms with van der Waals surface area (Å²) in [5, 5.41) is 8.86. The van der Waals surface area contributed by atoms with Gasteiger partial charge in [-0.2, -0.15) is 0 Å². The average Bonchev–Trinajstić information content (AvgIpc) is 2.43. The monoisotopic (exact) mass is 281 g/mol. The van der Waals surface area contributed by atoms with Crippen molar-refractivity contribution in [3.63, 3.8) is 0 Å². The molecule has 1 aromatic carbocycles. The maximum absolute atomic E-state index is 12.3. The summed E-state index contributed by atoms with van der Waals surface area (Å²) in [5.41, 5.74) is 0.397. The molecule has 0 unspecified atom stereocenters. The highest BCUT2D eigenvalue weighted by molar-refractivity contribution is 5.96. The summed E-state index contributed by atoms with van der Waals surface area (Å²) in [6.07, 6.45) is 0. The van der Waals surface area contributed by atoms with Crippen LogP contribution in [0.1, 0.15) is 17.3 Å². The normalized spacial score (nSPS) is 10.1. The highest BCUT2D eigenvalue weighted by Crippen LogP contribution is 2.15. The minimum Gasteiger partial charge on any atom is -0.494 e. The smallest absolute Gasteiger partial charge is 0.323 e. The number of hydrogen-bond acceptors (Lipinski definition) is 4. The Morgan fingerprint density at radius 2 is 2.10 bits per heavy atom. The lowest BCUT2D eigenvalue weighted by molar-refractivity contribution is -0.137. The zero-order valence-corrected chi connectivity index (χ0v) is 11.7. The number of carbonyl (C=O) groups excluding carboxylic acids is 1. The highest BCUT2D eigenvalue weighted by atomic mass is 16.5. The molecule has 0 saturated carbocycles. The first-order chi connectivity index (χ1) is 9.58. The van der Waals surface area contributed by atoms with Gasteiger partial charge in [-0.3, -0.25) is 9.59 Å². The number of carbonyl (C=O) groups is 2. The zero-order chi connectivity index (χ0) is 15.0. The van der Waals surface area contributed by atoms with E-state index in [4.69, 9.17) is 14.6 Å². The number of carboxylic acids is 1. The summed E-state index contributed by atoms with van der Waals surface area (Å²) >= 11 is 0. The number of nitrogens with zero attached hydrogens (tertiary/aromatic N) is 1. The van der Waals surface area contributed by atoms with E-state index in [1.807, 2.05) is 6.92 Å². The standard InChI is InChI=1S/C14H19NO5/c1-3-20-12-6-4-5-11(9-12)14(18)15(7-8-19-2)10-13(16)17/h4-6,9H,3,7-8,10H2,1-2H3,(H,16,17). The van der Waals surface area contributed by atoms with Gasteiger partial charge in [0.2, 0.25) is 0 Å². The Kier molecular flexibility index (Phi) is 6.52. The lowest BCUT2D eigenvalue weighted by Crippen LogP contribution is -2.38. The van der Waals surface area contributed by atoms with Crippen molar-refractivity contribution in [3.8, 4) is 5.75 Å². The molecule has 110 valence electrons. The Balaban J connectivity index is 2.86. The predicted molar refractivity (Wildman–Crippen MR) is 73.0 cm³/mol. The largest absolute Gasteiger partial charge is 0.494 e. The molecule has 1 N–H and O–H groups in total. The fourth-order valence-corrected chi connectivity index (χ4v) is 1.69. The van der Waals surface area contributed by atoms with E-state index >= 15 is 0 Å². The molecule has 0 saturated heterocycles. The van der Waals surface area contributed by atoms with Crippen LogP contribution < -0.4 is 4.74 Å². The van der Waals surface area contributed by atoms with Gasteiger partial charge >= 0.3 is 5.97 Å². The van der Waals surface area contributed by atoms with Crippen LogP contribution in [0.3, 0.4) is 0 Å². The van der Waals surface area contributed by atoms with Gasteiger partial charge in [0.1, 0.15) is 12.3 Å². The fourth-order valence-electron chi connectivity index (χ4n) is 1.69. The molecule has 0 aromatic heterocycles. The highest BCUT2D eigenvalue weighted by Gasteiger charge is 2.18. The quantitative estimate of drug-likeness (QED) is 0.776. The topological polar surface area (TPSA) is 76.1 Å². The molecular weight excluding hydrogens is 262 g/mol. The van der Waals surface area contributed by atoms with Crippen LogP contribution in [0.15, 0.2) is 24.3 Å². The SMILES string of the molecule is CCOc1cccc(C(=O)N(CCOC)CC(=O)O)c1. The van der Waals surface area contributed by atoms with Gasteiger partial charge in [-0.05, 0) is 25.1 Å². The van der Waals surface area contributed by atoms with Crippen molar-refractivity contribution < 1.29 is 24.2 Å². The molecule has 0 heterocycles. The Morgan fingerprint density at radius 1 is 1.35 bits per heavy atom. The minimum atomic E-state index is -1.06. The average molecular weight is 281 g/mol. The number of amides is 1. The van der Waals surface area contributed by atoms with E-state index in [0.717, 1.165) is 0 Å². The van der Waals surface area contributed by atoms with Crippen LogP contribution >= 0.6 is 0 Å². The maximum atomic E-state index is 12.3. The second kappa shape index (κ2) is 8.16. The molecule has 0 aliphatic rings. The molecule has 1 rings (SSSR count). The molecule has 1 aromatic rings. The van der Waals surface area contributed by atoms with Gasteiger partial charge in [-0.1, -0.05) is 6.07 Å². The van der Waals surface area contributed by atoms with Gasteiger partial charge in [-0.25, -0.2) is 0 Å². The lowest BCUT2D eigenvalue weighted by atomic mass is 10.2. The molecule has 0 radical (unpaired) electrons. The van der Waals surface area contributed by atoms with Crippen molar-refractivity contribution in [3.05, 3.63) is 29.8 Å². The van der Waals surface area contributed by atoms with E-state index in [2.05, 4.69) is 0 Å². The summed E-state index contributed by atoms with van der Waals surface area (Å²) in [6.45, 7) is 2.50. The van der Waals surface area contributed by atoms with Crippen molar-refractivity contribution in [1.82, 2.24) is 4.90 Å². The van der Waals surface area contributed by atoms with Gasteiger partial charge in [0, 0.05) is 19.2 Å². The summed E-state index contributed by atoms with van der Waals surface area (Å²) < 4.78 is 10.2. The number of methoxy groups -OCH3 is 1. The van der Waals surface area contributed by atoms with Crippen LogP contribution in [0.5, 0.6) is 5.75 Å². The lowest BCUT2D eigenvalue weighted by Gasteiger charge is -2.20. The van der Waals surface area contributed by atoms with Crippen LogP contribution in [0.4, 0.5) is 0 Å². The van der Waals surface area contributed by atoms with Crippen molar-refractivity contribution in [2.45, 2.75) is 6.92 Å². The summed E-state index contributed by atoms with van der Waals surface area (Å²) in [5.74, 6) is -0.832. The molecular formula is C14H19NO5. The fraction of sp³-hybridized carbons (Fsp3) is 0.429. The second-order valence-electron chi connectivity index (χ2n) is 4.07. The Morgan fingerprint density at radius 3 is 2.70 bits per heavy atom. The minimum absolute atomic E-state index is 0.223.